The molecular weight excluding hydrogens is 615 g/mol. The Morgan fingerprint density at radius 3 is 2.47 bits per heavy atom. The summed E-state index contributed by atoms with van der Waals surface area (Å²) in [7, 11) is -3.58. The number of carbonyl (C=O) groups is 1. The zero-order chi connectivity index (χ0) is 32.1. The topological polar surface area (TPSA) is 87.0 Å². The summed E-state index contributed by atoms with van der Waals surface area (Å²) in [4.78, 5) is 18.7. The van der Waals surface area contributed by atoms with Crippen LogP contribution in [-0.2, 0) is 10.0 Å². The van der Waals surface area contributed by atoms with Crippen molar-refractivity contribution in [3.05, 3.63) is 81.8 Å². The van der Waals surface area contributed by atoms with Crippen molar-refractivity contribution in [1.29, 1.82) is 0 Å². The number of carbonyl (C=O) groups excluding carboxylic acids is 1. The molecule has 2 atom stereocenters. The highest BCUT2D eigenvalue weighted by Gasteiger charge is 2.51. The second-order valence-corrected chi connectivity index (χ2v) is 15.5. The maximum atomic E-state index is 15.0. The summed E-state index contributed by atoms with van der Waals surface area (Å²) in [5.74, 6) is 0.510. The number of rotatable bonds is 9. The van der Waals surface area contributed by atoms with Crippen molar-refractivity contribution in [2.45, 2.75) is 45.4 Å². The van der Waals surface area contributed by atoms with E-state index in [2.05, 4.69) is 30.0 Å². The van der Waals surface area contributed by atoms with E-state index in [9.17, 15) is 17.6 Å². The number of allylic oxidation sites excluding steroid dienone is 1. The Bertz CT molecular complexity index is 1710. The highest BCUT2D eigenvalue weighted by atomic mass is 35.5. The number of fused-ring (bicyclic) bond motifs is 1. The molecule has 7 rings (SSSR count). The van der Waals surface area contributed by atoms with Crippen molar-refractivity contribution in [2.75, 3.05) is 45.8 Å². The molecule has 2 fully saturated rings. The lowest BCUT2D eigenvalue weighted by Crippen LogP contribution is -2.52. The van der Waals surface area contributed by atoms with Gasteiger partial charge in [0.25, 0.3) is 5.91 Å². The number of amides is 1. The minimum atomic E-state index is -3.58. The van der Waals surface area contributed by atoms with E-state index >= 15 is 0 Å². The van der Waals surface area contributed by atoms with Crippen LogP contribution in [-0.4, -0.2) is 79.4 Å². The van der Waals surface area contributed by atoms with Gasteiger partial charge in [-0.2, -0.15) is 4.31 Å². The molecule has 8 nitrogen and oxygen atoms in total. The highest BCUT2D eigenvalue weighted by Crippen LogP contribution is 2.59. The molecule has 1 saturated heterocycles. The van der Waals surface area contributed by atoms with Crippen LogP contribution in [0.15, 0.2) is 63.5 Å². The number of benzene rings is 2. The zero-order valence-electron chi connectivity index (χ0n) is 26.2. The molecule has 1 aromatic heterocycles. The molecule has 2 unspecified atom stereocenters. The number of hydrogen-bond donors (Lipinski definition) is 0. The van der Waals surface area contributed by atoms with Crippen LogP contribution in [0.3, 0.4) is 0 Å². The van der Waals surface area contributed by atoms with Gasteiger partial charge in [-0.05, 0) is 68.2 Å². The Balaban J connectivity index is 1.21. The van der Waals surface area contributed by atoms with Gasteiger partial charge < -0.3 is 9.42 Å². The summed E-state index contributed by atoms with van der Waals surface area (Å²) in [6.45, 7) is 11.5. The van der Waals surface area contributed by atoms with Gasteiger partial charge in [-0.1, -0.05) is 66.0 Å². The summed E-state index contributed by atoms with van der Waals surface area (Å²) in [6, 6.07) is 11.3. The van der Waals surface area contributed by atoms with Gasteiger partial charge in [0.15, 0.2) is 0 Å². The summed E-state index contributed by atoms with van der Waals surface area (Å²) in [5, 5.41) is 4.23. The van der Waals surface area contributed by atoms with Crippen LogP contribution in [0.1, 0.15) is 48.4 Å². The van der Waals surface area contributed by atoms with Gasteiger partial charge in [0.1, 0.15) is 22.8 Å². The maximum absolute atomic E-state index is 15.0. The molecule has 4 aliphatic rings. The average molecular weight is 655 g/mol. The molecule has 45 heavy (non-hydrogen) atoms. The van der Waals surface area contributed by atoms with E-state index in [1.54, 1.807) is 25.1 Å². The van der Waals surface area contributed by atoms with E-state index < -0.39 is 15.8 Å². The molecule has 0 radical (unpaired) electrons. The fraction of sp³-hybridized carbons (Fsp3) is 0.471. The molecule has 1 saturated carbocycles. The fourth-order valence-corrected chi connectivity index (χ4v) is 8.80. The first-order chi connectivity index (χ1) is 21.4. The van der Waals surface area contributed by atoms with Crippen molar-refractivity contribution >= 4 is 27.5 Å². The van der Waals surface area contributed by atoms with Crippen LogP contribution in [0, 0.1) is 36.9 Å². The first-order valence-corrected chi connectivity index (χ1v) is 17.4. The molecular formula is C34H40ClFN4O4S. The quantitative estimate of drug-likeness (QED) is 0.256. The summed E-state index contributed by atoms with van der Waals surface area (Å²) in [6.07, 6.45) is 4.41. The Labute approximate surface area is 269 Å². The molecule has 240 valence electrons. The molecule has 3 aromatic rings. The summed E-state index contributed by atoms with van der Waals surface area (Å²) < 4.78 is 48.4. The van der Waals surface area contributed by atoms with Crippen LogP contribution in [0.2, 0.25) is 5.02 Å². The van der Waals surface area contributed by atoms with E-state index in [0.29, 0.717) is 68.3 Å². The second kappa shape index (κ2) is 12.3. The van der Waals surface area contributed by atoms with Gasteiger partial charge in [0.2, 0.25) is 10.0 Å². The van der Waals surface area contributed by atoms with Gasteiger partial charge in [0, 0.05) is 45.8 Å². The molecule has 0 spiro atoms. The number of aromatic nitrogens is 1. The van der Waals surface area contributed by atoms with E-state index in [4.69, 9.17) is 16.1 Å². The van der Waals surface area contributed by atoms with Gasteiger partial charge in [-0.3, -0.25) is 9.69 Å². The van der Waals surface area contributed by atoms with Crippen LogP contribution in [0.5, 0.6) is 0 Å². The lowest BCUT2D eigenvalue weighted by molar-refractivity contribution is -0.0105. The van der Waals surface area contributed by atoms with Crippen molar-refractivity contribution in [1.82, 2.24) is 19.3 Å². The zero-order valence-corrected chi connectivity index (χ0v) is 27.8. The molecule has 2 aromatic carbocycles. The molecule has 2 heterocycles. The predicted molar refractivity (Wildman–Crippen MR) is 172 cm³/mol. The van der Waals surface area contributed by atoms with Crippen LogP contribution in [0.25, 0.3) is 11.3 Å². The minimum Gasteiger partial charge on any atom is -0.360 e. The number of halogens is 2. The minimum absolute atomic E-state index is 0.0464. The van der Waals surface area contributed by atoms with Crippen LogP contribution < -0.4 is 0 Å². The Morgan fingerprint density at radius 2 is 1.82 bits per heavy atom. The highest BCUT2D eigenvalue weighted by molar-refractivity contribution is 7.89. The van der Waals surface area contributed by atoms with Crippen molar-refractivity contribution < 1.29 is 22.1 Å². The van der Waals surface area contributed by atoms with Crippen LogP contribution in [0.4, 0.5) is 4.39 Å². The molecule has 1 amide bonds. The molecule has 3 aliphatic carbocycles. The Morgan fingerprint density at radius 1 is 1.11 bits per heavy atom. The number of piperazine rings is 1. The third kappa shape index (κ3) is 5.98. The summed E-state index contributed by atoms with van der Waals surface area (Å²) >= 11 is 6.38. The van der Waals surface area contributed by atoms with Crippen molar-refractivity contribution in [3.8, 4) is 11.3 Å². The lowest BCUT2D eigenvalue weighted by atomic mass is 9.49. The normalized spacial score (nSPS) is 21.7. The predicted octanol–water partition coefficient (Wildman–Crippen LogP) is 6.19. The monoisotopic (exact) mass is 654 g/mol. The number of sulfonamides is 1. The van der Waals surface area contributed by atoms with Gasteiger partial charge in [-0.15, -0.1) is 0 Å². The first-order valence-electron chi connectivity index (χ1n) is 15.6. The second-order valence-electron chi connectivity index (χ2n) is 13.2. The smallest absolute Gasteiger partial charge is 0.260 e. The largest absolute Gasteiger partial charge is 0.360 e. The SMILES string of the molecule is Cc1ccc(S(=O)(=O)N2CCN(CCN(CC3=CCC4CC3C4(C)C)C(=O)c3c(-c4c(F)cccc4Cl)noc3C)CC2)cc1. The molecule has 1 aliphatic heterocycles. The van der Waals surface area contributed by atoms with Crippen molar-refractivity contribution in [2.24, 2.45) is 17.3 Å². The fourth-order valence-electron chi connectivity index (χ4n) is 7.12. The number of nitrogens with zero attached hydrogens (tertiary/aromatic N) is 4. The number of hydrogen-bond acceptors (Lipinski definition) is 6. The third-order valence-electron chi connectivity index (χ3n) is 10.2. The maximum Gasteiger partial charge on any atom is 0.260 e. The Hall–Kier alpha value is -3.05. The van der Waals surface area contributed by atoms with E-state index in [-0.39, 0.29) is 33.2 Å². The van der Waals surface area contributed by atoms with E-state index in [1.807, 2.05) is 24.0 Å². The van der Waals surface area contributed by atoms with Crippen LogP contribution >= 0.6 is 11.6 Å². The van der Waals surface area contributed by atoms with E-state index in [1.165, 1.54) is 22.0 Å². The standard InChI is InChI=1S/C34H40ClFN4O4S/c1-22-8-12-26(13-9-22)45(42,43)40-18-15-38(16-19-40)14-17-39(21-24-10-11-25-20-27(24)34(25,3)4)33(41)30-23(2)44-37-32(30)31-28(35)6-5-7-29(31)36/h5-10,12-13,25,27H,11,14-21H2,1-4H3. The molecule has 11 heteroatoms. The number of aryl methyl sites for hydroxylation is 2. The molecule has 0 N–H and O–H groups in total. The van der Waals surface area contributed by atoms with E-state index in [0.717, 1.165) is 18.4 Å². The van der Waals surface area contributed by atoms with Gasteiger partial charge in [0.05, 0.1) is 15.5 Å². The average Bonchev–Trinajstić information content (AvgIpc) is 3.39. The Kier molecular flexibility index (Phi) is 8.71. The first kappa shape index (κ1) is 31.9. The van der Waals surface area contributed by atoms with Crippen molar-refractivity contribution in [3.63, 3.8) is 0 Å². The van der Waals surface area contributed by atoms with Gasteiger partial charge in [-0.25, -0.2) is 12.8 Å². The lowest BCUT2D eigenvalue weighted by Gasteiger charge is -2.57. The van der Waals surface area contributed by atoms with Gasteiger partial charge >= 0.3 is 0 Å². The third-order valence-corrected chi connectivity index (χ3v) is 12.4. The summed E-state index contributed by atoms with van der Waals surface area (Å²) in [5.41, 5.74) is 2.81. The molecule has 2 bridgehead atoms.